The fourth-order valence-electron chi connectivity index (χ4n) is 3.22. The van der Waals surface area contributed by atoms with E-state index in [1.807, 2.05) is 24.3 Å². The van der Waals surface area contributed by atoms with Crippen molar-refractivity contribution in [2.24, 2.45) is 11.8 Å². The average Bonchev–Trinajstić information content (AvgIpc) is 2.48. The predicted molar refractivity (Wildman–Crippen MR) is 92.3 cm³/mol. The monoisotopic (exact) mass is 322 g/mol. The number of benzene rings is 1. The Hall–Kier alpha value is -1.06. The Bertz CT molecular complexity index is 484. The molecule has 3 nitrogen and oxygen atoms in total. The van der Waals surface area contributed by atoms with Crippen LogP contribution in [0.5, 0.6) is 0 Å². The van der Waals surface area contributed by atoms with Gasteiger partial charge in [0.05, 0.1) is 5.92 Å². The third kappa shape index (κ3) is 4.99. The molecule has 4 heteroatoms. The van der Waals surface area contributed by atoms with Crippen LogP contribution in [-0.4, -0.2) is 25.5 Å². The molecule has 1 heterocycles. The van der Waals surface area contributed by atoms with Crippen molar-refractivity contribution in [3.05, 3.63) is 34.9 Å². The van der Waals surface area contributed by atoms with Crippen LogP contribution in [0.1, 0.15) is 44.6 Å². The smallest absolute Gasteiger partial charge is 0.227 e. The maximum atomic E-state index is 12.6. The van der Waals surface area contributed by atoms with Crippen LogP contribution in [0.2, 0.25) is 5.02 Å². The summed E-state index contributed by atoms with van der Waals surface area (Å²) in [6.45, 7) is 7.13. The molecule has 0 spiro atoms. The lowest BCUT2D eigenvalue weighted by atomic mass is 9.87. The molecule has 2 N–H and O–H groups in total. The highest BCUT2D eigenvalue weighted by molar-refractivity contribution is 6.30. The molecule has 1 aliphatic rings. The van der Waals surface area contributed by atoms with Gasteiger partial charge in [-0.25, -0.2) is 0 Å². The molecule has 0 aliphatic carbocycles. The number of hydrogen-bond acceptors (Lipinski definition) is 2. The number of amides is 1. The molecule has 1 fully saturated rings. The summed E-state index contributed by atoms with van der Waals surface area (Å²) in [5, 5.41) is 7.22. The van der Waals surface area contributed by atoms with E-state index >= 15 is 0 Å². The van der Waals surface area contributed by atoms with Crippen molar-refractivity contribution in [2.75, 3.05) is 19.6 Å². The van der Waals surface area contributed by atoms with Crippen LogP contribution in [0, 0.1) is 11.8 Å². The van der Waals surface area contributed by atoms with E-state index in [4.69, 9.17) is 11.6 Å². The Kier molecular flexibility index (Phi) is 6.71. The first-order valence-corrected chi connectivity index (χ1v) is 8.69. The minimum absolute atomic E-state index is 0.112. The quantitative estimate of drug-likeness (QED) is 0.840. The van der Waals surface area contributed by atoms with E-state index in [1.165, 1.54) is 12.8 Å². The van der Waals surface area contributed by atoms with Crippen molar-refractivity contribution >= 4 is 17.5 Å². The summed E-state index contributed by atoms with van der Waals surface area (Å²) in [6, 6.07) is 7.64. The van der Waals surface area contributed by atoms with Gasteiger partial charge in [0.25, 0.3) is 0 Å². The largest absolute Gasteiger partial charge is 0.356 e. The molecule has 0 aromatic heterocycles. The zero-order chi connectivity index (χ0) is 15.9. The first-order chi connectivity index (χ1) is 10.6. The van der Waals surface area contributed by atoms with Crippen molar-refractivity contribution in [1.82, 2.24) is 10.6 Å². The molecule has 2 unspecified atom stereocenters. The molecule has 0 saturated carbocycles. The summed E-state index contributed by atoms with van der Waals surface area (Å²) < 4.78 is 0. The van der Waals surface area contributed by atoms with Gasteiger partial charge >= 0.3 is 0 Å². The maximum Gasteiger partial charge on any atom is 0.227 e. The topological polar surface area (TPSA) is 41.1 Å². The van der Waals surface area contributed by atoms with Crippen LogP contribution in [0.4, 0.5) is 0 Å². The number of carbonyl (C=O) groups excluding carboxylic acids is 1. The van der Waals surface area contributed by atoms with Gasteiger partial charge in [-0.15, -0.1) is 0 Å². The third-order valence-corrected chi connectivity index (χ3v) is 4.64. The van der Waals surface area contributed by atoms with Crippen molar-refractivity contribution in [3.63, 3.8) is 0 Å². The molecule has 1 amide bonds. The molecule has 22 heavy (non-hydrogen) atoms. The number of rotatable bonds is 6. The van der Waals surface area contributed by atoms with E-state index in [0.717, 1.165) is 31.6 Å². The molecule has 2 rings (SSSR count). The van der Waals surface area contributed by atoms with Gasteiger partial charge in [0, 0.05) is 11.6 Å². The van der Waals surface area contributed by atoms with Crippen LogP contribution < -0.4 is 10.6 Å². The Labute approximate surface area is 138 Å². The molecule has 2 atom stereocenters. The lowest BCUT2D eigenvalue weighted by molar-refractivity contribution is -0.123. The Morgan fingerprint density at radius 3 is 2.91 bits per heavy atom. The summed E-state index contributed by atoms with van der Waals surface area (Å²) in [6.07, 6.45) is 3.57. The normalized spacial score (nSPS) is 19.9. The van der Waals surface area contributed by atoms with Crippen LogP contribution in [0.15, 0.2) is 24.3 Å². The highest BCUT2D eigenvalue weighted by Gasteiger charge is 2.24. The minimum atomic E-state index is -0.136. The van der Waals surface area contributed by atoms with Gasteiger partial charge in [-0.2, -0.15) is 0 Å². The first-order valence-electron chi connectivity index (χ1n) is 8.32. The lowest BCUT2D eigenvalue weighted by Gasteiger charge is -2.24. The molecule has 122 valence electrons. The van der Waals surface area contributed by atoms with E-state index < -0.39 is 0 Å². The number of hydrogen-bond donors (Lipinski definition) is 2. The summed E-state index contributed by atoms with van der Waals surface area (Å²) in [5.74, 6) is 0.914. The van der Waals surface area contributed by atoms with Crippen molar-refractivity contribution < 1.29 is 4.79 Å². The average molecular weight is 323 g/mol. The third-order valence-electron chi connectivity index (χ3n) is 4.41. The van der Waals surface area contributed by atoms with Gasteiger partial charge in [-0.05, 0) is 61.9 Å². The Morgan fingerprint density at radius 1 is 1.45 bits per heavy atom. The van der Waals surface area contributed by atoms with Crippen molar-refractivity contribution in [2.45, 2.75) is 39.0 Å². The zero-order valence-electron chi connectivity index (χ0n) is 13.6. The molecule has 0 radical (unpaired) electrons. The van der Waals surface area contributed by atoms with Gasteiger partial charge in [0.1, 0.15) is 0 Å². The second-order valence-electron chi connectivity index (χ2n) is 6.57. The highest BCUT2D eigenvalue weighted by atomic mass is 35.5. The van der Waals surface area contributed by atoms with E-state index in [0.29, 0.717) is 10.9 Å². The molecule has 1 aromatic rings. The van der Waals surface area contributed by atoms with Gasteiger partial charge in [-0.3, -0.25) is 4.79 Å². The number of halogens is 1. The van der Waals surface area contributed by atoms with Gasteiger partial charge in [-0.1, -0.05) is 37.6 Å². The highest BCUT2D eigenvalue weighted by Crippen LogP contribution is 2.26. The molecule has 1 saturated heterocycles. The van der Waals surface area contributed by atoms with Gasteiger partial charge < -0.3 is 10.6 Å². The second-order valence-corrected chi connectivity index (χ2v) is 7.01. The molecular weight excluding hydrogens is 296 g/mol. The first kappa shape index (κ1) is 17.3. The van der Waals surface area contributed by atoms with Crippen LogP contribution >= 0.6 is 11.6 Å². The summed E-state index contributed by atoms with van der Waals surface area (Å²) in [5.41, 5.74) is 0.999. The lowest BCUT2D eigenvalue weighted by Crippen LogP contribution is -2.36. The van der Waals surface area contributed by atoms with Gasteiger partial charge in [0.15, 0.2) is 0 Å². The van der Waals surface area contributed by atoms with E-state index in [2.05, 4.69) is 24.5 Å². The van der Waals surface area contributed by atoms with Crippen LogP contribution in [0.25, 0.3) is 0 Å². The molecule has 0 bridgehead atoms. The summed E-state index contributed by atoms with van der Waals surface area (Å²) in [7, 11) is 0. The fraction of sp³-hybridized carbons (Fsp3) is 0.611. The van der Waals surface area contributed by atoms with E-state index in [-0.39, 0.29) is 17.7 Å². The van der Waals surface area contributed by atoms with E-state index in [9.17, 15) is 4.79 Å². The number of carbonyl (C=O) groups is 1. The minimum Gasteiger partial charge on any atom is -0.356 e. The van der Waals surface area contributed by atoms with Crippen molar-refractivity contribution in [3.8, 4) is 0 Å². The van der Waals surface area contributed by atoms with Crippen LogP contribution in [0.3, 0.4) is 0 Å². The Morgan fingerprint density at radius 2 is 2.27 bits per heavy atom. The predicted octanol–water partition coefficient (Wildman–Crippen LogP) is 3.59. The van der Waals surface area contributed by atoms with Crippen molar-refractivity contribution in [1.29, 1.82) is 0 Å². The SMILES string of the molecule is CC(C)C(C(=O)NCCC1CCCNC1)c1cccc(Cl)c1. The standard InChI is InChI=1S/C18H27ClN2O/c1-13(2)17(15-6-3-7-16(19)11-15)18(22)21-10-8-14-5-4-9-20-12-14/h3,6-7,11,13-14,17,20H,4-5,8-10,12H2,1-2H3,(H,21,22). The number of nitrogens with one attached hydrogen (secondary N) is 2. The second kappa shape index (κ2) is 8.54. The summed E-state index contributed by atoms with van der Waals surface area (Å²) >= 11 is 6.07. The van der Waals surface area contributed by atoms with Crippen LogP contribution in [-0.2, 0) is 4.79 Å². The fourth-order valence-corrected chi connectivity index (χ4v) is 3.42. The van der Waals surface area contributed by atoms with E-state index in [1.54, 1.807) is 0 Å². The maximum absolute atomic E-state index is 12.6. The molecular formula is C18H27ClN2O. The van der Waals surface area contributed by atoms with Gasteiger partial charge in [0.2, 0.25) is 5.91 Å². The molecule has 1 aliphatic heterocycles. The molecule has 1 aromatic carbocycles. The number of piperidine rings is 1. The Balaban J connectivity index is 1.89. The zero-order valence-corrected chi connectivity index (χ0v) is 14.3. The summed E-state index contributed by atoms with van der Waals surface area (Å²) in [4.78, 5) is 12.6.